The minimum atomic E-state index is -5.05. The van der Waals surface area contributed by atoms with E-state index >= 15 is 0 Å². The van der Waals surface area contributed by atoms with Gasteiger partial charge in [0, 0.05) is 5.56 Å². The van der Waals surface area contributed by atoms with Gasteiger partial charge < -0.3 is 9.84 Å². The Hall–Kier alpha value is -1.71. The average molecular weight is 430 g/mol. The topological polar surface area (TPSA) is 59.4 Å². The molecule has 1 aliphatic rings. The number of carboxylic acid groups (broad SMARTS) is 1. The fraction of sp³-hybridized carbons (Fsp3) is 0.467. The first-order chi connectivity index (χ1) is 11.6. The second-order valence-electron chi connectivity index (χ2n) is 5.53. The lowest BCUT2D eigenvalue weighted by Crippen LogP contribution is -2.20. The van der Waals surface area contributed by atoms with E-state index in [4.69, 9.17) is 0 Å². The minimum absolute atomic E-state index is 0.0475. The number of methoxy groups -OCH3 is 1. The molecule has 1 saturated carbocycles. The molecular formula is C15H13BrF5NO3. The Balaban J connectivity index is 2.90. The maximum Gasteiger partial charge on any atom is 0.434 e. The van der Waals surface area contributed by atoms with E-state index in [2.05, 4.69) is 25.7 Å². The van der Waals surface area contributed by atoms with E-state index in [-0.39, 0.29) is 22.4 Å². The van der Waals surface area contributed by atoms with Gasteiger partial charge in [0.1, 0.15) is 5.69 Å². The molecule has 1 aromatic rings. The molecule has 25 heavy (non-hydrogen) atoms. The number of hydrogen-bond acceptors (Lipinski definition) is 3. The third-order valence-electron chi connectivity index (χ3n) is 3.67. The Labute approximate surface area is 147 Å². The van der Waals surface area contributed by atoms with Crippen LogP contribution in [0.2, 0.25) is 0 Å². The highest BCUT2D eigenvalue weighted by Crippen LogP contribution is 2.44. The number of nitrogens with zero attached hydrogens (tertiary/aromatic N) is 1. The number of carboxylic acids is 1. The quantitative estimate of drug-likeness (QED) is 0.508. The van der Waals surface area contributed by atoms with E-state index in [1.54, 1.807) is 0 Å². The van der Waals surface area contributed by atoms with Crippen molar-refractivity contribution in [1.29, 1.82) is 0 Å². The molecule has 0 spiro atoms. The second kappa shape index (κ2) is 7.27. The van der Waals surface area contributed by atoms with Gasteiger partial charge in [0.2, 0.25) is 0 Å². The zero-order chi connectivity index (χ0) is 18.9. The van der Waals surface area contributed by atoms with Crippen LogP contribution in [-0.4, -0.2) is 23.2 Å². The molecule has 0 unspecified atom stereocenters. The van der Waals surface area contributed by atoms with Gasteiger partial charge >= 0.3 is 12.1 Å². The molecule has 1 aliphatic carbocycles. The van der Waals surface area contributed by atoms with E-state index in [9.17, 15) is 31.9 Å². The van der Waals surface area contributed by atoms with Crippen molar-refractivity contribution in [3.8, 4) is 0 Å². The molecule has 0 atom stereocenters. The van der Waals surface area contributed by atoms with Crippen molar-refractivity contribution in [1.82, 2.24) is 4.98 Å². The van der Waals surface area contributed by atoms with Gasteiger partial charge in [0.05, 0.1) is 23.4 Å². The normalized spacial score (nSPS) is 15.6. The Bertz CT molecular complexity index is 714. The van der Waals surface area contributed by atoms with Gasteiger partial charge in [-0.05, 0) is 46.7 Å². The fourth-order valence-corrected chi connectivity index (χ4v) is 3.10. The van der Waals surface area contributed by atoms with Crippen molar-refractivity contribution in [2.24, 2.45) is 5.92 Å². The van der Waals surface area contributed by atoms with Crippen LogP contribution in [0.4, 0.5) is 22.0 Å². The standard InChI is InChI=1S/C15H13BrF5NO3/c1-25-5-8(16)9-7(4-6-2-3-6)10(14(23)24)11(13(17)18)22-12(9)15(19,20)21/h5-6,13H,2-4H2,1H3,(H,23,24). The van der Waals surface area contributed by atoms with Crippen molar-refractivity contribution >= 4 is 26.4 Å². The Morgan fingerprint density at radius 2 is 2.00 bits per heavy atom. The van der Waals surface area contributed by atoms with Crippen molar-refractivity contribution in [3.05, 3.63) is 34.3 Å². The number of rotatable bonds is 6. The first-order valence-electron chi connectivity index (χ1n) is 7.12. The van der Waals surface area contributed by atoms with Gasteiger partial charge in [-0.1, -0.05) is 0 Å². The largest absolute Gasteiger partial charge is 0.503 e. The van der Waals surface area contributed by atoms with Crippen LogP contribution in [0.3, 0.4) is 0 Å². The van der Waals surface area contributed by atoms with Crippen LogP contribution >= 0.6 is 15.9 Å². The number of ether oxygens (including phenoxy) is 1. The molecule has 0 saturated heterocycles. The summed E-state index contributed by atoms with van der Waals surface area (Å²) in [5, 5.41) is 9.34. The molecule has 0 bridgehead atoms. The fourth-order valence-electron chi connectivity index (χ4n) is 2.49. The third-order valence-corrected chi connectivity index (χ3v) is 4.25. The number of halogens is 6. The van der Waals surface area contributed by atoms with Crippen molar-refractivity contribution in [2.75, 3.05) is 7.11 Å². The molecule has 4 nitrogen and oxygen atoms in total. The van der Waals surface area contributed by atoms with Crippen LogP contribution in [-0.2, 0) is 17.3 Å². The highest BCUT2D eigenvalue weighted by Gasteiger charge is 2.42. The summed E-state index contributed by atoms with van der Waals surface area (Å²) in [5.74, 6) is -1.79. The summed E-state index contributed by atoms with van der Waals surface area (Å²) in [6, 6.07) is 0. The predicted molar refractivity (Wildman–Crippen MR) is 81.5 cm³/mol. The maximum absolute atomic E-state index is 13.4. The number of pyridine rings is 1. The third kappa shape index (κ3) is 4.28. The molecule has 0 radical (unpaired) electrons. The Kier molecular flexibility index (Phi) is 5.70. The van der Waals surface area contributed by atoms with Gasteiger partial charge in [-0.3, -0.25) is 0 Å². The first-order valence-corrected chi connectivity index (χ1v) is 7.91. The Morgan fingerprint density at radius 3 is 2.40 bits per heavy atom. The lowest BCUT2D eigenvalue weighted by atomic mass is 9.93. The first kappa shape index (κ1) is 19.6. The molecule has 0 aromatic carbocycles. The van der Waals surface area contributed by atoms with Crippen LogP contribution in [0.1, 0.15) is 52.1 Å². The summed E-state index contributed by atoms with van der Waals surface area (Å²) in [7, 11) is 1.19. The van der Waals surface area contributed by atoms with Crippen molar-refractivity contribution < 1.29 is 36.6 Å². The van der Waals surface area contributed by atoms with Crippen LogP contribution in [0, 0.1) is 5.92 Å². The van der Waals surface area contributed by atoms with Gasteiger partial charge in [-0.25, -0.2) is 18.6 Å². The van der Waals surface area contributed by atoms with Crippen LogP contribution in [0.15, 0.2) is 6.26 Å². The lowest BCUT2D eigenvalue weighted by molar-refractivity contribution is -0.141. The van der Waals surface area contributed by atoms with E-state index < -0.39 is 41.1 Å². The Morgan fingerprint density at radius 1 is 1.40 bits per heavy atom. The number of carbonyl (C=O) groups is 1. The summed E-state index contributed by atoms with van der Waals surface area (Å²) in [6.45, 7) is 0. The molecule has 10 heteroatoms. The minimum Gasteiger partial charge on any atom is -0.503 e. The second-order valence-corrected chi connectivity index (χ2v) is 6.38. The molecule has 2 rings (SSSR count). The number of aromatic nitrogens is 1. The van der Waals surface area contributed by atoms with E-state index in [0.717, 1.165) is 6.26 Å². The molecule has 1 N–H and O–H groups in total. The zero-order valence-corrected chi connectivity index (χ0v) is 14.4. The van der Waals surface area contributed by atoms with Crippen LogP contribution in [0.5, 0.6) is 0 Å². The molecule has 0 amide bonds. The summed E-state index contributed by atoms with van der Waals surface area (Å²) >= 11 is 2.91. The summed E-state index contributed by atoms with van der Waals surface area (Å²) in [6.07, 6.45) is -6.25. The monoisotopic (exact) mass is 429 g/mol. The molecule has 0 aliphatic heterocycles. The predicted octanol–water partition coefficient (Wildman–Crippen LogP) is 5.03. The lowest BCUT2D eigenvalue weighted by Gasteiger charge is -2.20. The van der Waals surface area contributed by atoms with E-state index in [1.165, 1.54) is 7.11 Å². The highest BCUT2D eigenvalue weighted by molar-refractivity contribution is 9.15. The zero-order valence-electron chi connectivity index (χ0n) is 12.8. The molecule has 1 heterocycles. The van der Waals surface area contributed by atoms with Gasteiger partial charge in [0.25, 0.3) is 6.43 Å². The maximum atomic E-state index is 13.4. The van der Waals surface area contributed by atoms with Gasteiger partial charge in [-0.2, -0.15) is 13.2 Å². The summed E-state index contributed by atoms with van der Waals surface area (Å²) < 4.78 is 71.2. The average Bonchev–Trinajstić information content (AvgIpc) is 3.28. The molecule has 1 aromatic heterocycles. The summed E-state index contributed by atoms with van der Waals surface area (Å²) in [4.78, 5) is 14.5. The van der Waals surface area contributed by atoms with E-state index in [1.807, 2.05) is 0 Å². The number of aromatic carboxylic acids is 1. The van der Waals surface area contributed by atoms with Crippen LogP contribution < -0.4 is 0 Å². The summed E-state index contributed by atoms with van der Waals surface area (Å²) in [5.41, 5.74) is -4.72. The molecular weight excluding hydrogens is 417 g/mol. The van der Waals surface area contributed by atoms with Crippen molar-refractivity contribution in [2.45, 2.75) is 31.9 Å². The smallest absolute Gasteiger partial charge is 0.434 e. The SMILES string of the molecule is COC=C(Br)c1c(C(F)(F)F)nc(C(F)F)c(C(=O)O)c1CC1CC1. The number of alkyl halides is 5. The van der Waals surface area contributed by atoms with Crippen LogP contribution in [0.25, 0.3) is 4.48 Å². The van der Waals surface area contributed by atoms with Gasteiger partial charge in [0.15, 0.2) is 5.69 Å². The van der Waals surface area contributed by atoms with Gasteiger partial charge in [-0.15, -0.1) is 0 Å². The number of hydrogen-bond donors (Lipinski definition) is 1. The van der Waals surface area contributed by atoms with E-state index in [0.29, 0.717) is 12.8 Å². The molecule has 1 fully saturated rings. The molecule has 138 valence electrons. The van der Waals surface area contributed by atoms with Crippen molar-refractivity contribution in [3.63, 3.8) is 0 Å². The highest BCUT2D eigenvalue weighted by atomic mass is 79.9.